The van der Waals surface area contributed by atoms with Crippen LogP contribution in [-0.4, -0.2) is 18.2 Å². The summed E-state index contributed by atoms with van der Waals surface area (Å²) < 4.78 is 34.3. The summed E-state index contributed by atoms with van der Waals surface area (Å²) in [6.07, 6.45) is 3.03. The van der Waals surface area contributed by atoms with Gasteiger partial charge in [0.15, 0.2) is 0 Å². The van der Waals surface area contributed by atoms with E-state index >= 15 is 0 Å². The largest absolute Gasteiger partial charge is 0.489 e. The van der Waals surface area contributed by atoms with Gasteiger partial charge >= 0.3 is 0 Å². The Bertz CT molecular complexity index is 1840. The fourth-order valence-corrected chi connectivity index (χ4v) is 5.46. The van der Waals surface area contributed by atoms with E-state index in [1.54, 1.807) is 16.9 Å². The number of aromatic nitrogens is 2. The normalized spacial score (nSPS) is 11.7. The van der Waals surface area contributed by atoms with Gasteiger partial charge in [0.25, 0.3) is 0 Å². The molecule has 1 heterocycles. The van der Waals surface area contributed by atoms with Crippen molar-refractivity contribution in [2.45, 2.75) is 11.5 Å². The molecule has 4 aromatic carbocycles. The van der Waals surface area contributed by atoms with Gasteiger partial charge in [0.2, 0.25) is 9.84 Å². The van der Waals surface area contributed by atoms with Crippen molar-refractivity contribution in [3.05, 3.63) is 135 Å². The van der Waals surface area contributed by atoms with E-state index in [1.165, 1.54) is 30.3 Å². The highest BCUT2D eigenvalue weighted by atomic mass is 35.5. The molecule has 0 bridgehead atoms. The number of hydrogen-bond acceptors (Lipinski definition) is 5. The average Bonchev–Trinajstić information content (AvgIpc) is 3.40. The maximum atomic E-state index is 13.3. The standard InChI is InChI=1S/C31H21Cl2N3O3S/c32-25-13-15-28(16-14-25)40(37,38)29(19-34)18-24-20-36(26-9-2-1-3-10-26)35-31(24)22-8-6-11-27(17-22)39-21-23-7-4-5-12-30(23)33/h1-18,20H,21H2/b29-18-. The zero-order valence-corrected chi connectivity index (χ0v) is 23.2. The van der Waals surface area contributed by atoms with Crippen molar-refractivity contribution < 1.29 is 13.2 Å². The van der Waals surface area contributed by atoms with Gasteiger partial charge in [0, 0.05) is 32.9 Å². The molecule has 0 radical (unpaired) electrons. The number of halogens is 2. The SMILES string of the molecule is N#C/C(=C/c1cn(-c2ccccc2)nc1-c1cccc(OCc2ccccc2Cl)c1)S(=O)(=O)c1ccc(Cl)cc1. The monoisotopic (exact) mass is 585 g/mol. The molecule has 6 nitrogen and oxygen atoms in total. The van der Waals surface area contributed by atoms with E-state index in [0.717, 1.165) is 11.3 Å². The van der Waals surface area contributed by atoms with Gasteiger partial charge in [-0.25, -0.2) is 13.1 Å². The average molecular weight is 587 g/mol. The number of para-hydroxylation sites is 1. The van der Waals surface area contributed by atoms with Crippen LogP contribution in [0.25, 0.3) is 23.0 Å². The molecule has 9 heteroatoms. The maximum Gasteiger partial charge on any atom is 0.216 e. The zero-order valence-electron chi connectivity index (χ0n) is 20.9. The first kappa shape index (κ1) is 27.2. The van der Waals surface area contributed by atoms with Gasteiger partial charge in [-0.1, -0.05) is 71.7 Å². The van der Waals surface area contributed by atoms with Crippen LogP contribution >= 0.6 is 23.2 Å². The van der Waals surface area contributed by atoms with Crippen LogP contribution in [0.4, 0.5) is 0 Å². The van der Waals surface area contributed by atoms with Crippen LogP contribution in [0.3, 0.4) is 0 Å². The zero-order chi connectivity index (χ0) is 28.1. The third-order valence-corrected chi connectivity index (χ3v) is 8.33. The summed E-state index contributed by atoms with van der Waals surface area (Å²) in [5.74, 6) is 0.580. The third-order valence-electron chi connectivity index (χ3n) is 6.03. The summed E-state index contributed by atoms with van der Waals surface area (Å²) in [5, 5.41) is 15.6. The Morgan fingerprint density at radius 2 is 1.65 bits per heavy atom. The number of nitriles is 1. The smallest absolute Gasteiger partial charge is 0.216 e. The van der Waals surface area contributed by atoms with E-state index in [-0.39, 0.29) is 11.5 Å². The molecule has 0 saturated heterocycles. The Morgan fingerprint density at radius 1 is 0.925 bits per heavy atom. The van der Waals surface area contributed by atoms with Crippen molar-refractivity contribution >= 4 is 39.1 Å². The van der Waals surface area contributed by atoms with Crippen LogP contribution in [-0.2, 0) is 16.4 Å². The molecule has 5 aromatic rings. The molecule has 1 aromatic heterocycles. The molecule has 0 aliphatic heterocycles. The molecule has 0 N–H and O–H groups in total. The molecule has 0 saturated carbocycles. The lowest BCUT2D eigenvalue weighted by Crippen LogP contribution is -2.03. The Labute approximate surface area is 242 Å². The summed E-state index contributed by atoms with van der Waals surface area (Å²) in [7, 11) is -4.10. The lowest BCUT2D eigenvalue weighted by molar-refractivity contribution is 0.306. The Hall–Kier alpha value is -4.35. The molecule has 40 heavy (non-hydrogen) atoms. The van der Waals surface area contributed by atoms with Gasteiger partial charge in [0.05, 0.1) is 10.6 Å². The Balaban J connectivity index is 1.57. The molecule has 0 unspecified atom stereocenters. The lowest BCUT2D eigenvalue weighted by atomic mass is 10.1. The first-order chi connectivity index (χ1) is 19.3. The minimum atomic E-state index is -4.10. The highest BCUT2D eigenvalue weighted by Crippen LogP contribution is 2.31. The van der Waals surface area contributed by atoms with E-state index in [1.807, 2.05) is 78.9 Å². The highest BCUT2D eigenvalue weighted by Gasteiger charge is 2.22. The summed E-state index contributed by atoms with van der Waals surface area (Å²) in [6, 6.07) is 31.7. The van der Waals surface area contributed by atoms with Crippen molar-refractivity contribution in [3.8, 4) is 28.8 Å². The van der Waals surface area contributed by atoms with Gasteiger partial charge in [-0.3, -0.25) is 0 Å². The van der Waals surface area contributed by atoms with Crippen LogP contribution in [0, 0.1) is 11.3 Å². The van der Waals surface area contributed by atoms with Crippen LogP contribution in [0.5, 0.6) is 5.75 Å². The molecule has 5 rings (SSSR count). The Morgan fingerprint density at radius 3 is 2.38 bits per heavy atom. The number of hydrogen-bond donors (Lipinski definition) is 0. The molecule has 198 valence electrons. The lowest BCUT2D eigenvalue weighted by Gasteiger charge is -2.09. The fourth-order valence-electron chi connectivity index (χ4n) is 3.99. The molecule has 0 aliphatic carbocycles. The second kappa shape index (κ2) is 11.8. The van der Waals surface area contributed by atoms with Crippen LogP contribution in [0.1, 0.15) is 11.1 Å². The van der Waals surface area contributed by atoms with Crippen LogP contribution in [0.2, 0.25) is 10.0 Å². The van der Waals surface area contributed by atoms with Crippen molar-refractivity contribution in [1.29, 1.82) is 5.26 Å². The molecule has 0 atom stereocenters. The first-order valence-electron chi connectivity index (χ1n) is 12.1. The first-order valence-corrected chi connectivity index (χ1v) is 14.3. The Kier molecular flexibility index (Phi) is 8.04. The maximum absolute atomic E-state index is 13.3. The minimum Gasteiger partial charge on any atom is -0.489 e. The number of sulfone groups is 1. The van der Waals surface area contributed by atoms with Gasteiger partial charge in [0.1, 0.15) is 29.0 Å². The topological polar surface area (TPSA) is 85.0 Å². The third kappa shape index (κ3) is 5.95. The predicted molar refractivity (Wildman–Crippen MR) is 157 cm³/mol. The number of rotatable bonds is 8. The van der Waals surface area contributed by atoms with Gasteiger partial charge in [-0.15, -0.1) is 0 Å². The minimum absolute atomic E-state index is 0.0309. The number of nitrogens with zero attached hydrogens (tertiary/aromatic N) is 3. The molecular formula is C31H21Cl2N3O3S. The molecular weight excluding hydrogens is 565 g/mol. The number of ether oxygens (including phenoxy) is 1. The molecule has 0 aliphatic rings. The van der Waals surface area contributed by atoms with Gasteiger partial charge in [-0.2, -0.15) is 10.4 Å². The van der Waals surface area contributed by atoms with Crippen LogP contribution < -0.4 is 4.74 Å². The van der Waals surface area contributed by atoms with E-state index in [9.17, 15) is 13.7 Å². The van der Waals surface area contributed by atoms with E-state index in [4.69, 9.17) is 33.0 Å². The predicted octanol–water partition coefficient (Wildman–Crippen LogP) is 7.76. The second-order valence-electron chi connectivity index (χ2n) is 8.70. The molecule has 0 amide bonds. The number of benzene rings is 4. The van der Waals surface area contributed by atoms with Crippen molar-refractivity contribution in [1.82, 2.24) is 9.78 Å². The number of allylic oxidation sites excluding steroid dienone is 1. The van der Waals surface area contributed by atoms with E-state index in [2.05, 4.69) is 0 Å². The highest BCUT2D eigenvalue weighted by molar-refractivity contribution is 7.95. The van der Waals surface area contributed by atoms with Crippen LogP contribution in [0.15, 0.2) is 119 Å². The molecule has 0 fully saturated rings. The summed E-state index contributed by atoms with van der Waals surface area (Å²) in [5.41, 5.74) is 3.22. The van der Waals surface area contributed by atoms with Crippen molar-refractivity contribution in [2.24, 2.45) is 0 Å². The van der Waals surface area contributed by atoms with E-state index < -0.39 is 14.7 Å². The molecule has 0 spiro atoms. The second-order valence-corrected chi connectivity index (χ2v) is 11.5. The van der Waals surface area contributed by atoms with Gasteiger partial charge in [-0.05, 0) is 60.7 Å². The van der Waals surface area contributed by atoms with Gasteiger partial charge < -0.3 is 4.74 Å². The fraction of sp³-hybridized carbons (Fsp3) is 0.0323. The quantitative estimate of drug-likeness (QED) is 0.174. The summed E-state index contributed by atoms with van der Waals surface area (Å²) in [4.78, 5) is -0.452. The summed E-state index contributed by atoms with van der Waals surface area (Å²) >= 11 is 12.2. The van der Waals surface area contributed by atoms with Crippen molar-refractivity contribution in [3.63, 3.8) is 0 Å². The van der Waals surface area contributed by atoms with E-state index in [0.29, 0.717) is 32.6 Å². The van der Waals surface area contributed by atoms with Crippen molar-refractivity contribution in [2.75, 3.05) is 0 Å². The summed E-state index contributed by atoms with van der Waals surface area (Å²) in [6.45, 7) is 0.270.